The predicted molar refractivity (Wildman–Crippen MR) is 141 cm³/mol. The Bertz CT molecular complexity index is 1680. The lowest BCUT2D eigenvalue weighted by molar-refractivity contribution is -0.136. The number of carbonyl (C=O) groups is 1. The van der Waals surface area contributed by atoms with Crippen LogP contribution in [0.2, 0.25) is 10.0 Å². The summed E-state index contributed by atoms with van der Waals surface area (Å²) in [5.41, 5.74) is 2.13. The van der Waals surface area contributed by atoms with Gasteiger partial charge < -0.3 is 9.15 Å². The number of allylic oxidation sites excluding steroid dienone is 1. The Kier molecular flexibility index (Phi) is 6.71. The number of esters is 1. The van der Waals surface area contributed by atoms with Crippen molar-refractivity contribution in [1.82, 2.24) is 4.57 Å². The van der Waals surface area contributed by atoms with Gasteiger partial charge in [0.1, 0.15) is 11.5 Å². The summed E-state index contributed by atoms with van der Waals surface area (Å²) in [6, 6.07) is 17.6. The molecular weight excluding hydrogens is 519 g/mol. The molecular formula is C27H20Cl2N2O4S. The zero-order valence-electron chi connectivity index (χ0n) is 19.3. The van der Waals surface area contributed by atoms with E-state index in [2.05, 4.69) is 4.99 Å². The van der Waals surface area contributed by atoms with Gasteiger partial charge in [-0.2, -0.15) is 0 Å². The molecule has 1 aliphatic rings. The summed E-state index contributed by atoms with van der Waals surface area (Å²) >= 11 is 13.7. The van der Waals surface area contributed by atoms with Gasteiger partial charge in [0.05, 0.1) is 39.0 Å². The van der Waals surface area contributed by atoms with Gasteiger partial charge in [-0.05, 0) is 36.2 Å². The molecule has 0 amide bonds. The Labute approximate surface area is 220 Å². The largest absolute Gasteiger partial charge is 0.466 e. The van der Waals surface area contributed by atoms with Gasteiger partial charge in [-0.3, -0.25) is 9.36 Å². The zero-order valence-corrected chi connectivity index (χ0v) is 21.7. The highest BCUT2D eigenvalue weighted by Crippen LogP contribution is 2.35. The lowest BCUT2D eigenvalue weighted by atomic mass is 9.95. The van der Waals surface area contributed by atoms with Gasteiger partial charge in [-0.1, -0.05) is 77.9 Å². The molecule has 0 aliphatic carbocycles. The van der Waals surface area contributed by atoms with Crippen LogP contribution < -0.4 is 14.9 Å². The van der Waals surface area contributed by atoms with E-state index in [0.29, 0.717) is 54.2 Å². The number of furan rings is 1. The Hall–Kier alpha value is -3.39. The van der Waals surface area contributed by atoms with Crippen molar-refractivity contribution in [3.8, 4) is 11.3 Å². The molecule has 0 fully saturated rings. The average Bonchev–Trinajstić information content (AvgIpc) is 3.49. The Morgan fingerprint density at radius 1 is 1.14 bits per heavy atom. The molecule has 6 nitrogen and oxygen atoms in total. The third-order valence-electron chi connectivity index (χ3n) is 5.88. The average molecular weight is 539 g/mol. The van der Waals surface area contributed by atoms with Crippen LogP contribution in [0.4, 0.5) is 0 Å². The lowest BCUT2D eigenvalue weighted by Crippen LogP contribution is -2.40. The minimum absolute atomic E-state index is 0.275. The number of methoxy groups -OCH3 is 1. The molecule has 0 unspecified atom stereocenters. The highest BCUT2D eigenvalue weighted by Gasteiger charge is 2.33. The molecule has 2 aromatic heterocycles. The molecule has 5 rings (SSSR count). The summed E-state index contributed by atoms with van der Waals surface area (Å²) in [6.45, 7) is 1.92. The molecule has 4 aromatic rings. The van der Waals surface area contributed by atoms with Crippen LogP contribution in [0, 0.1) is 0 Å². The molecule has 0 saturated carbocycles. The third kappa shape index (κ3) is 4.23. The van der Waals surface area contributed by atoms with Crippen molar-refractivity contribution in [1.29, 1.82) is 0 Å². The van der Waals surface area contributed by atoms with Gasteiger partial charge in [0.2, 0.25) is 0 Å². The SMILES string of the molecule is CCC1=C(C(=O)OC)[C@@H](c2ccccc2)n2c(s/c(=C/c3ccc(-c4cccc(Cl)c4Cl)o3)c2=O)=N1. The Morgan fingerprint density at radius 3 is 2.64 bits per heavy atom. The first-order chi connectivity index (χ1) is 17.4. The summed E-state index contributed by atoms with van der Waals surface area (Å²) in [5, 5.41) is 0.819. The fraction of sp³-hybridized carbons (Fsp3) is 0.148. The summed E-state index contributed by atoms with van der Waals surface area (Å²) in [4.78, 5) is 31.7. The standard InChI is InChI=1S/C27H20Cl2N2O4S/c1-3-19-22(26(33)34-2)24(15-8-5-4-6-9-15)31-25(32)21(36-27(31)30-19)14-16-12-13-20(35-16)17-10-7-11-18(28)23(17)29/h4-14,24H,3H2,1-2H3/b21-14+/t24-/m1/s1. The maximum atomic E-state index is 13.7. The van der Waals surface area contributed by atoms with Crippen molar-refractivity contribution < 1.29 is 13.9 Å². The van der Waals surface area contributed by atoms with Gasteiger partial charge in [0, 0.05) is 11.6 Å². The van der Waals surface area contributed by atoms with Gasteiger partial charge in [-0.15, -0.1) is 0 Å². The number of fused-ring (bicyclic) bond motifs is 1. The van der Waals surface area contributed by atoms with Crippen LogP contribution in [0.1, 0.15) is 30.7 Å². The van der Waals surface area contributed by atoms with Gasteiger partial charge in [0.15, 0.2) is 4.80 Å². The quantitative estimate of drug-likeness (QED) is 0.320. The maximum absolute atomic E-state index is 13.7. The molecule has 1 aliphatic heterocycles. The third-order valence-corrected chi connectivity index (χ3v) is 7.68. The van der Waals surface area contributed by atoms with Crippen LogP contribution >= 0.6 is 34.5 Å². The van der Waals surface area contributed by atoms with Crippen LogP contribution in [0.25, 0.3) is 17.4 Å². The second kappa shape index (κ2) is 9.93. The number of nitrogens with zero attached hydrogens (tertiary/aromatic N) is 2. The first-order valence-electron chi connectivity index (χ1n) is 11.1. The van der Waals surface area contributed by atoms with Crippen molar-refractivity contribution >= 4 is 46.6 Å². The topological polar surface area (TPSA) is 73.8 Å². The van der Waals surface area contributed by atoms with Gasteiger partial charge in [0.25, 0.3) is 5.56 Å². The molecule has 0 saturated heterocycles. The number of rotatable bonds is 5. The molecule has 0 bridgehead atoms. The molecule has 3 heterocycles. The first-order valence-corrected chi connectivity index (χ1v) is 12.7. The number of aromatic nitrogens is 1. The number of halogens is 2. The highest BCUT2D eigenvalue weighted by molar-refractivity contribution is 7.07. The summed E-state index contributed by atoms with van der Waals surface area (Å²) in [5.74, 6) is 0.503. The van der Waals surface area contributed by atoms with E-state index in [0.717, 1.165) is 5.56 Å². The number of hydrogen-bond donors (Lipinski definition) is 0. The van der Waals surface area contributed by atoms with Crippen molar-refractivity contribution in [2.24, 2.45) is 4.99 Å². The first kappa shape index (κ1) is 24.3. The van der Waals surface area contributed by atoms with E-state index < -0.39 is 12.0 Å². The fourth-order valence-electron chi connectivity index (χ4n) is 4.21. The molecule has 0 radical (unpaired) electrons. The molecule has 2 aromatic carbocycles. The summed E-state index contributed by atoms with van der Waals surface area (Å²) in [6.07, 6.45) is 2.18. The Morgan fingerprint density at radius 2 is 1.92 bits per heavy atom. The molecule has 1 atom stereocenters. The van der Waals surface area contributed by atoms with E-state index in [9.17, 15) is 9.59 Å². The van der Waals surface area contributed by atoms with E-state index in [1.165, 1.54) is 18.4 Å². The number of carbonyl (C=O) groups excluding carboxylic acids is 1. The van der Waals surface area contributed by atoms with E-state index in [4.69, 9.17) is 32.4 Å². The van der Waals surface area contributed by atoms with Gasteiger partial charge >= 0.3 is 5.97 Å². The maximum Gasteiger partial charge on any atom is 0.338 e. The predicted octanol–water partition coefficient (Wildman–Crippen LogP) is 5.37. The highest BCUT2D eigenvalue weighted by atomic mass is 35.5. The second-order valence-corrected chi connectivity index (χ2v) is 9.80. The summed E-state index contributed by atoms with van der Waals surface area (Å²) < 4.78 is 13.0. The second-order valence-electron chi connectivity index (χ2n) is 8.00. The lowest BCUT2D eigenvalue weighted by Gasteiger charge is -2.25. The molecule has 36 heavy (non-hydrogen) atoms. The van der Waals surface area contributed by atoms with Crippen molar-refractivity contribution in [3.63, 3.8) is 0 Å². The number of thiazole rings is 1. The zero-order chi connectivity index (χ0) is 25.4. The van der Waals surface area contributed by atoms with Crippen molar-refractivity contribution in [2.45, 2.75) is 19.4 Å². The monoisotopic (exact) mass is 538 g/mol. The molecule has 0 spiro atoms. The van der Waals surface area contributed by atoms with E-state index >= 15 is 0 Å². The Balaban J connectivity index is 1.67. The van der Waals surface area contributed by atoms with Gasteiger partial charge in [-0.25, -0.2) is 9.79 Å². The smallest absolute Gasteiger partial charge is 0.338 e. The molecule has 9 heteroatoms. The fourth-order valence-corrected chi connectivity index (χ4v) is 5.61. The normalized spacial score (nSPS) is 15.6. The molecule has 0 N–H and O–H groups in total. The number of ether oxygens (including phenoxy) is 1. The minimum Gasteiger partial charge on any atom is -0.466 e. The van der Waals surface area contributed by atoms with Crippen molar-refractivity contribution in [3.05, 3.63) is 113 Å². The van der Waals surface area contributed by atoms with Crippen LogP contribution in [0.15, 0.2) is 86.1 Å². The number of hydrogen-bond acceptors (Lipinski definition) is 6. The van der Waals surface area contributed by atoms with E-state index in [1.807, 2.05) is 43.3 Å². The summed E-state index contributed by atoms with van der Waals surface area (Å²) in [7, 11) is 1.33. The van der Waals surface area contributed by atoms with Crippen LogP contribution in [0.3, 0.4) is 0 Å². The van der Waals surface area contributed by atoms with E-state index in [-0.39, 0.29) is 5.56 Å². The van der Waals surface area contributed by atoms with Crippen LogP contribution in [0.5, 0.6) is 0 Å². The minimum atomic E-state index is -0.649. The van der Waals surface area contributed by atoms with Crippen molar-refractivity contribution in [2.75, 3.05) is 7.11 Å². The van der Waals surface area contributed by atoms with Crippen LogP contribution in [-0.2, 0) is 9.53 Å². The number of benzene rings is 2. The van der Waals surface area contributed by atoms with E-state index in [1.54, 1.807) is 34.9 Å². The molecule has 182 valence electrons. The van der Waals surface area contributed by atoms with Crippen LogP contribution in [-0.4, -0.2) is 17.6 Å².